The average Bonchev–Trinajstić information content (AvgIpc) is 3.37. The summed E-state index contributed by atoms with van der Waals surface area (Å²) in [7, 11) is 0. The molecule has 0 aromatic heterocycles. The molecule has 8 aromatic carbocycles. The number of hydrogen-bond donors (Lipinski definition) is 0. The normalized spacial score (nSPS) is 13.0. The van der Waals surface area contributed by atoms with Crippen LogP contribution < -0.4 is 4.90 Å². The molecule has 0 saturated carbocycles. The molecular weight excluding hydrogens is 579 g/mol. The van der Waals surface area contributed by atoms with E-state index < -0.39 is 0 Å². The number of nitrogens with zero attached hydrogens (tertiary/aromatic N) is 1. The molecule has 0 amide bonds. The highest BCUT2D eigenvalue weighted by Crippen LogP contribution is 2.51. The van der Waals surface area contributed by atoms with Gasteiger partial charge in [0, 0.05) is 22.4 Å². The zero-order valence-electron chi connectivity index (χ0n) is 27.2. The first kappa shape index (κ1) is 28.3. The third kappa shape index (κ3) is 4.54. The van der Waals surface area contributed by atoms with E-state index in [1.165, 1.54) is 66.1 Å². The van der Waals surface area contributed by atoms with Crippen LogP contribution in [-0.2, 0) is 5.41 Å². The largest absolute Gasteiger partial charge is 0.310 e. The van der Waals surface area contributed by atoms with Crippen LogP contribution in [0.25, 0.3) is 54.9 Å². The molecule has 0 heterocycles. The molecule has 0 radical (unpaired) electrons. The van der Waals surface area contributed by atoms with Crippen molar-refractivity contribution in [3.05, 3.63) is 187 Å². The first-order valence-corrected chi connectivity index (χ1v) is 16.8. The smallest absolute Gasteiger partial charge is 0.0540 e. The van der Waals surface area contributed by atoms with Crippen molar-refractivity contribution >= 4 is 38.6 Å². The van der Waals surface area contributed by atoms with Gasteiger partial charge in [0.05, 0.1) is 5.69 Å². The first-order valence-electron chi connectivity index (χ1n) is 16.8. The van der Waals surface area contributed by atoms with Gasteiger partial charge in [0.2, 0.25) is 0 Å². The van der Waals surface area contributed by atoms with Gasteiger partial charge < -0.3 is 4.90 Å². The van der Waals surface area contributed by atoms with E-state index in [0.717, 1.165) is 17.1 Å². The maximum atomic E-state index is 2.44. The molecule has 0 N–H and O–H groups in total. The maximum Gasteiger partial charge on any atom is 0.0540 e. The summed E-state index contributed by atoms with van der Waals surface area (Å²) in [4.78, 5) is 2.44. The molecule has 1 aliphatic rings. The van der Waals surface area contributed by atoms with Crippen molar-refractivity contribution in [3.63, 3.8) is 0 Å². The van der Waals surface area contributed by atoms with Gasteiger partial charge in [-0.15, -0.1) is 0 Å². The first-order chi connectivity index (χ1) is 23.6. The highest BCUT2D eigenvalue weighted by Gasteiger charge is 2.35. The molecule has 0 atom stereocenters. The van der Waals surface area contributed by atoms with E-state index in [1.807, 2.05) is 0 Å². The Morgan fingerprint density at radius 3 is 1.90 bits per heavy atom. The fourth-order valence-electron chi connectivity index (χ4n) is 7.81. The Morgan fingerprint density at radius 2 is 1.00 bits per heavy atom. The van der Waals surface area contributed by atoms with E-state index in [2.05, 4.69) is 195 Å². The van der Waals surface area contributed by atoms with Crippen LogP contribution in [0.2, 0.25) is 0 Å². The van der Waals surface area contributed by atoms with Crippen LogP contribution in [0.1, 0.15) is 25.0 Å². The van der Waals surface area contributed by atoms with E-state index in [1.54, 1.807) is 0 Å². The second-order valence-electron chi connectivity index (χ2n) is 13.4. The molecule has 228 valence electrons. The van der Waals surface area contributed by atoms with Crippen LogP contribution in [-0.4, -0.2) is 0 Å². The van der Waals surface area contributed by atoms with Crippen molar-refractivity contribution in [2.75, 3.05) is 4.90 Å². The fraction of sp³-hybridized carbons (Fsp3) is 0.0638. The van der Waals surface area contributed by atoms with Gasteiger partial charge in [0.15, 0.2) is 0 Å². The van der Waals surface area contributed by atoms with Crippen molar-refractivity contribution < 1.29 is 0 Å². The summed E-state index contributed by atoms with van der Waals surface area (Å²) in [6, 6.07) is 64.4. The van der Waals surface area contributed by atoms with Crippen LogP contribution in [0.4, 0.5) is 17.1 Å². The fourth-order valence-corrected chi connectivity index (χ4v) is 7.81. The Balaban J connectivity index is 1.22. The number of rotatable bonds is 5. The summed E-state index contributed by atoms with van der Waals surface area (Å²) in [5, 5.41) is 4.98. The van der Waals surface area contributed by atoms with Gasteiger partial charge in [-0.25, -0.2) is 0 Å². The molecule has 0 aliphatic heterocycles. The van der Waals surface area contributed by atoms with Crippen molar-refractivity contribution in [1.82, 2.24) is 0 Å². The summed E-state index contributed by atoms with van der Waals surface area (Å²) in [5.41, 5.74) is 13.7. The number of fused-ring (bicyclic) bond motifs is 5. The average molecular weight is 614 g/mol. The number of anilines is 3. The third-order valence-electron chi connectivity index (χ3n) is 10.2. The summed E-state index contributed by atoms with van der Waals surface area (Å²) in [6.45, 7) is 4.71. The highest BCUT2D eigenvalue weighted by atomic mass is 15.1. The van der Waals surface area contributed by atoms with Crippen molar-refractivity contribution in [1.29, 1.82) is 0 Å². The Labute approximate surface area is 282 Å². The molecule has 0 unspecified atom stereocenters. The van der Waals surface area contributed by atoms with Gasteiger partial charge in [-0.3, -0.25) is 0 Å². The van der Waals surface area contributed by atoms with Crippen molar-refractivity contribution in [2.24, 2.45) is 0 Å². The lowest BCUT2D eigenvalue weighted by Crippen LogP contribution is -2.16. The zero-order valence-corrected chi connectivity index (χ0v) is 27.2. The minimum atomic E-state index is -0.0893. The molecule has 0 bridgehead atoms. The summed E-state index contributed by atoms with van der Waals surface area (Å²) >= 11 is 0. The van der Waals surface area contributed by atoms with E-state index in [9.17, 15) is 0 Å². The van der Waals surface area contributed by atoms with Gasteiger partial charge in [-0.1, -0.05) is 153 Å². The van der Waals surface area contributed by atoms with E-state index in [-0.39, 0.29) is 5.41 Å². The number of para-hydroxylation sites is 1. The molecule has 1 nitrogen and oxygen atoms in total. The number of hydrogen-bond acceptors (Lipinski definition) is 1. The lowest BCUT2D eigenvalue weighted by Gasteiger charge is -2.30. The second-order valence-corrected chi connectivity index (χ2v) is 13.4. The minimum Gasteiger partial charge on any atom is -0.310 e. The lowest BCUT2D eigenvalue weighted by molar-refractivity contribution is 0.660. The molecule has 9 rings (SSSR count). The Hall–Kier alpha value is -5.92. The van der Waals surface area contributed by atoms with E-state index in [0.29, 0.717) is 0 Å². The van der Waals surface area contributed by atoms with Crippen LogP contribution in [0.3, 0.4) is 0 Å². The summed E-state index contributed by atoms with van der Waals surface area (Å²) in [6.07, 6.45) is 0. The molecule has 8 aromatic rings. The standard InChI is InChI=1S/C47H35N/c1-47(2)44-21-10-8-19-42(44)43-28-27-38(31-45(43)47)48(46-22-11-9-18-41(46)33-13-4-3-5-14-33)37-26-25-34-29-36(24-23-35(34)30-37)40-20-12-16-32-15-6-7-17-39(32)40/h3-31H,1-2H3. The molecular formula is C47H35N. The predicted octanol–water partition coefficient (Wildman–Crippen LogP) is 13.1. The van der Waals surface area contributed by atoms with Crippen LogP contribution in [0.15, 0.2) is 176 Å². The Kier molecular flexibility index (Phi) is 6.55. The maximum absolute atomic E-state index is 2.44. The van der Waals surface area contributed by atoms with E-state index >= 15 is 0 Å². The summed E-state index contributed by atoms with van der Waals surface area (Å²) in [5.74, 6) is 0. The van der Waals surface area contributed by atoms with Crippen LogP contribution in [0, 0.1) is 0 Å². The molecule has 0 fully saturated rings. The van der Waals surface area contributed by atoms with Gasteiger partial charge >= 0.3 is 0 Å². The SMILES string of the molecule is CC1(C)c2ccccc2-c2ccc(N(c3ccc4cc(-c5cccc6ccccc56)ccc4c3)c3ccccc3-c3ccccc3)cc21. The van der Waals surface area contributed by atoms with Crippen LogP contribution >= 0.6 is 0 Å². The molecule has 1 aliphatic carbocycles. The Morgan fingerprint density at radius 1 is 0.375 bits per heavy atom. The highest BCUT2D eigenvalue weighted by molar-refractivity contribution is 6.00. The minimum absolute atomic E-state index is 0.0893. The third-order valence-corrected chi connectivity index (χ3v) is 10.2. The molecule has 48 heavy (non-hydrogen) atoms. The molecule has 0 spiro atoms. The number of benzene rings is 8. The van der Waals surface area contributed by atoms with Crippen LogP contribution in [0.5, 0.6) is 0 Å². The molecule has 0 saturated heterocycles. The van der Waals surface area contributed by atoms with Gasteiger partial charge in [-0.05, 0) is 96.9 Å². The van der Waals surface area contributed by atoms with Gasteiger partial charge in [-0.2, -0.15) is 0 Å². The zero-order chi connectivity index (χ0) is 32.2. The lowest BCUT2D eigenvalue weighted by atomic mass is 9.82. The van der Waals surface area contributed by atoms with E-state index in [4.69, 9.17) is 0 Å². The quantitative estimate of drug-likeness (QED) is 0.187. The summed E-state index contributed by atoms with van der Waals surface area (Å²) < 4.78 is 0. The Bertz CT molecular complexity index is 2480. The van der Waals surface area contributed by atoms with Gasteiger partial charge in [0.1, 0.15) is 0 Å². The van der Waals surface area contributed by atoms with Gasteiger partial charge in [0.25, 0.3) is 0 Å². The monoisotopic (exact) mass is 613 g/mol. The topological polar surface area (TPSA) is 3.24 Å². The van der Waals surface area contributed by atoms with Crippen molar-refractivity contribution in [3.8, 4) is 33.4 Å². The van der Waals surface area contributed by atoms with Crippen molar-refractivity contribution in [2.45, 2.75) is 19.3 Å². The second kappa shape index (κ2) is 11.1. The predicted molar refractivity (Wildman–Crippen MR) is 205 cm³/mol. The molecule has 1 heteroatoms.